The molecule has 1 spiro atoms. The van der Waals surface area contributed by atoms with E-state index in [2.05, 4.69) is 9.97 Å². The zero-order valence-electron chi connectivity index (χ0n) is 19.6. The molecule has 39 heavy (non-hydrogen) atoms. The molecule has 0 amide bonds. The molecule has 0 radical (unpaired) electrons. The van der Waals surface area contributed by atoms with Crippen LogP contribution in [0.3, 0.4) is 0 Å². The van der Waals surface area contributed by atoms with Gasteiger partial charge < -0.3 is 14.9 Å². The number of carbonyl (C=O) groups is 2. The number of hydrogen-bond donors (Lipinski definition) is 2. The van der Waals surface area contributed by atoms with Crippen molar-refractivity contribution >= 4 is 33.7 Å². The van der Waals surface area contributed by atoms with Gasteiger partial charge in [0.05, 0.1) is 18.4 Å². The zero-order chi connectivity index (χ0) is 29.5. The van der Waals surface area contributed by atoms with Gasteiger partial charge in [0, 0.05) is 42.2 Å². The molecule has 0 saturated carbocycles. The van der Waals surface area contributed by atoms with E-state index in [-0.39, 0.29) is 15.7 Å². The number of ether oxygens (including phenoxy) is 1. The summed E-state index contributed by atoms with van der Waals surface area (Å²) in [5.41, 5.74) is 0.919. The van der Waals surface area contributed by atoms with E-state index in [0.717, 1.165) is 17.9 Å². The van der Waals surface area contributed by atoms with Gasteiger partial charge in [-0.2, -0.15) is 30.6 Å². The van der Waals surface area contributed by atoms with Crippen molar-refractivity contribution in [1.29, 1.82) is 0 Å². The van der Waals surface area contributed by atoms with E-state index in [9.17, 15) is 34.8 Å². The normalized spacial score (nSPS) is 18.7. The van der Waals surface area contributed by atoms with Gasteiger partial charge in [-0.15, -0.1) is 11.8 Å². The maximum atomic E-state index is 12.6. The number of hydrogen-bond acceptors (Lipinski definition) is 8. The minimum Gasteiger partial charge on any atom is -0.475 e. The van der Waals surface area contributed by atoms with Gasteiger partial charge in [0.15, 0.2) is 0 Å². The summed E-state index contributed by atoms with van der Waals surface area (Å²) in [6.45, 7) is 1.58. The van der Waals surface area contributed by atoms with Crippen molar-refractivity contribution in [3.8, 4) is 0 Å². The number of rotatable bonds is 5. The lowest BCUT2D eigenvalue weighted by molar-refractivity contribution is -0.193. The van der Waals surface area contributed by atoms with Crippen molar-refractivity contribution in [2.75, 3.05) is 18.8 Å². The summed E-state index contributed by atoms with van der Waals surface area (Å²) >= 11 is 1.82. The fraction of sp³-hybridized carbons (Fsp3) is 0.429. The highest BCUT2D eigenvalue weighted by Gasteiger charge is 2.53. The summed E-state index contributed by atoms with van der Waals surface area (Å²) in [7, 11) is -3.43. The topological polar surface area (TPSA) is 147 Å². The Morgan fingerprint density at radius 3 is 2.08 bits per heavy atom. The number of halogens is 6. The van der Waals surface area contributed by atoms with E-state index in [1.54, 1.807) is 24.5 Å². The van der Waals surface area contributed by atoms with E-state index in [1.807, 2.05) is 30.0 Å². The second-order valence-electron chi connectivity index (χ2n) is 8.02. The Hall–Kier alpha value is -2.96. The molecule has 2 N–H and O–H groups in total. The monoisotopic (exact) mass is 605 g/mol. The van der Waals surface area contributed by atoms with Crippen LogP contribution in [0, 0.1) is 0 Å². The van der Waals surface area contributed by atoms with Gasteiger partial charge in [0.2, 0.25) is 10.0 Å². The third kappa shape index (κ3) is 9.63. The number of carboxylic acid groups (broad SMARTS) is 2. The van der Waals surface area contributed by atoms with Crippen LogP contribution >= 0.6 is 11.8 Å². The minimum absolute atomic E-state index is 0.00986. The molecule has 0 aliphatic carbocycles. The van der Waals surface area contributed by atoms with Crippen LogP contribution in [0.25, 0.3) is 0 Å². The number of aromatic nitrogens is 2. The average molecular weight is 606 g/mol. The summed E-state index contributed by atoms with van der Waals surface area (Å²) in [6.07, 6.45) is -4.40. The largest absolute Gasteiger partial charge is 0.490 e. The van der Waals surface area contributed by atoms with Crippen LogP contribution in [0.5, 0.6) is 0 Å². The number of nitrogens with zero attached hydrogens (tertiary/aromatic N) is 3. The number of thioether (sulfide) groups is 1. The van der Waals surface area contributed by atoms with Gasteiger partial charge in [0.25, 0.3) is 0 Å². The first-order chi connectivity index (χ1) is 18.0. The van der Waals surface area contributed by atoms with Crippen LogP contribution in [-0.4, -0.2) is 86.9 Å². The molecule has 216 valence electrons. The first-order valence-corrected chi connectivity index (χ1v) is 13.0. The Morgan fingerprint density at radius 1 is 1.03 bits per heavy atom. The molecule has 1 atom stereocenters. The van der Waals surface area contributed by atoms with Gasteiger partial charge in [-0.25, -0.2) is 18.0 Å². The second kappa shape index (κ2) is 12.9. The Balaban J connectivity index is 0.000000317. The lowest BCUT2D eigenvalue weighted by Crippen LogP contribution is -2.60. The molecule has 2 aliphatic heterocycles. The first-order valence-electron chi connectivity index (χ1n) is 10.6. The maximum absolute atomic E-state index is 12.6. The number of sulfonamides is 1. The van der Waals surface area contributed by atoms with Gasteiger partial charge in [0.1, 0.15) is 4.90 Å². The minimum atomic E-state index is -5.08. The summed E-state index contributed by atoms with van der Waals surface area (Å²) in [5, 5.41) is 14.2. The van der Waals surface area contributed by atoms with Crippen LogP contribution < -0.4 is 0 Å². The maximum Gasteiger partial charge on any atom is 0.490 e. The van der Waals surface area contributed by atoms with Crippen LogP contribution in [0.15, 0.2) is 53.8 Å². The fourth-order valence-electron chi connectivity index (χ4n) is 3.23. The van der Waals surface area contributed by atoms with E-state index >= 15 is 0 Å². The Labute approximate surface area is 222 Å². The highest BCUT2D eigenvalue weighted by molar-refractivity contribution is 8.01. The highest BCUT2D eigenvalue weighted by Crippen LogP contribution is 2.47. The molecule has 4 heterocycles. The van der Waals surface area contributed by atoms with Crippen molar-refractivity contribution in [2.24, 2.45) is 0 Å². The standard InChI is InChI=1S/C17H19N3O3S2.2C2HF3O2/c21-25(22,16-5-3-6-18-9-16)20-12-17(13-20)8-15(11-24-17)23-10-14-4-1-2-7-19-14;2*3-2(4,5)1(6)7/h1-7,9,15H,8,10-13H2;2*(H,6,7). The lowest BCUT2D eigenvalue weighted by Gasteiger charge is -2.46. The quantitative estimate of drug-likeness (QED) is 0.487. The van der Waals surface area contributed by atoms with Crippen LogP contribution in [0.1, 0.15) is 12.1 Å². The molecule has 2 aliphatic rings. The number of carboxylic acids is 2. The summed E-state index contributed by atoms with van der Waals surface area (Å²) in [6, 6.07) is 9.02. The summed E-state index contributed by atoms with van der Waals surface area (Å²) in [4.78, 5) is 26.2. The van der Waals surface area contributed by atoms with Gasteiger partial charge in [-0.3, -0.25) is 9.97 Å². The van der Waals surface area contributed by atoms with Crippen LogP contribution in [0.2, 0.25) is 0 Å². The second-order valence-corrected chi connectivity index (χ2v) is 11.4. The molecule has 2 aromatic rings. The van der Waals surface area contributed by atoms with E-state index < -0.39 is 34.3 Å². The molecule has 0 bridgehead atoms. The zero-order valence-corrected chi connectivity index (χ0v) is 21.2. The number of pyridine rings is 2. The third-order valence-electron chi connectivity index (χ3n) is 5.05. The Morgan fingerprint density at radius 2 is 1.62 bits per heavy atom. The molecular formula is C21H21F6N3O7S2. The van der Waals surface area contributed by atoms with E-state index in [4.69, 9.17) is 24.5 Å². The van der Waals surface area contributed by atoms with Crippen molar-refractivity contribution in [3.63, 3.8) is 0 Å². The van der Waals surface area contributed by atoms with Gasteiger partial charge in [-0.05, 0) is 30.7 Å². The highest BCUT2D eigenvalue weighted by atomic mass is 32.2. The predicted molar refractivity (Wildman–Crippen MR) is 123 cm³/mol. The third-order valence-corrected chi connectivity index (χ3v) is 8.41. The number of aliphatic carboxylic acids is 2. The van der Waals surface area contributed by atoms with E-state index in [1.165, 1.54) is 10.5 Å². The summed E-state index contributed by atoms with van der Waals surface area (Å²) < 4.78 is 96.1. The Bertz CT molecular complexity index is 1190. The Kier molecular flexibility index (Phi) is 10.7. The fourth-order valence-corrected chi connectivity index (χ4v) is 6.52. The van der Waals surface area contributed by atoms with Crippen molar-refractivity contribution in [3.05, 3.63) is 54.6 Å². The average Bonchev–Trinajstić information content (AvgIpc) is 3.28. The molecule has 2 saturated heterocycles. The molecule has 4 rings (SSSR count). The molecule has 18 heteroatoms. The molecule has 2 aromatic heterocycles. The van der Waals surface area contributed by atoms with Gasteiger partial charge >= 0.3 is 24.3 Å². The first kappa shape index (κ1) is 32.3. The summed E-state index contributed by atoms with van der Waals surface area (Å²) in [5.74, 6) is -4.62. The van der Waals surface area contributed by atoms with Crippen LogP contribution in [0.4, 0.5) is 26.3 Å². The molecule has 2 fully saturated rings. The van der Waals surface area contributed by atoms with Crippen molar-refractivity contribution in [2.45, 2.75) is 41.1 Å². The van der Waals surface area contributed by atoms with E-state index in [0.29, 0.717) is 19.7 Å². The molecule has 1 unspecified atom stereocenters. The number of alkyl halides is 6. The smallest absolute Gasteiger partial charge is 0.475 e. The lowest BCUT2D eigenvalue weighted by atomic mass is 9.95. The van der Waals surface area contributed by atoms with Crippen molar-refractivity contribution < 1.29 is 59.3 Å². The van der Waals surface area contributed by atoms with Crippen molar-refractivity contribution in [1.82, 2.24) is 14.3 Å². The van der Waals surface area contributed by atoms with Crippen LogP contribution in [-0.2, 0) is 31.0 Å². The van der Waals surface area contributed by atoms with Gasteiger partial charge in [-0.1, -0.05) is 6.07 Å². The molecule has 10 nitrogen and oxygen atoms in total. The SMILES string of the molecule is O=C(O)C(F)(F)F.O=C(O)C(F)(F)F.O=S(=O)(c1cccnc1)N1CC2(CC(OCc3ccccn3)CS2)C1. The molecule has 0 aromatic carbocycles. The predicted octanol–water partition coefficient (Wildman–Crippen LogP) is 3.21. The molecular weight excluding hydrogens is 584 g/mol.